The number of hydrogen-bond acceptors (Lipinski definition) is 4. The van der Waals surface area contributed by atoms with Crippen molar-refractivity contribution in [1.82, 2.24) is 9.88 Å². The van der Waals surface area contributed by atoms with Gasteiger partial charge in [0.05, 0.1) is 12.0 Å². The Bertz CT molecular complexity index is 562. The molecule has 1 N–H and O–H groups in total. The minimum atomic E-state index is 0.131. The number of aryl methyl sites for hydroxylation is 1. The summed E-state index contributed by atoms with van der Waals surface area (Å²) in [5.41, 5.74) is 0.131. The van der Waals surface area contributed by atoms with Crippen LogP contribution in [0.15, 0.2) is 28.5 Å². The maximum atomic E-state index is 12.1. The van der Waals surface area contributed by atoms with Crippen LogP contribution >= 0.6 is 11.3 Å². The van der Waals surface area contributed by atoms with Crippen molar-refractivity contribution in [3.8, 4) is 0 Å². The number of unbranched alkanes of at least 4 members (excludes halogenated alkanes) is 1. The zero-order chi connectivity index (χ0) is 13.5. The Kier molecular flexibility index (Phi) is 5.57. The van der Waals surface area contributed by atoms with Crippen LogP contribution in [0.3, 0.4) is 0 Å². The Labute approximate surface area is 117 Å². The zero-order valence-corrected chi connectivity index (χ0v) is 12.0. The molecule has 5 heteroatoms. The van der Waals surface area contributed by atoms with Gasteiger partial charge in [-0.25, -0.2) is 0 Å². The van der Waals surface area contributed by atoms with Gasteiger partial charge < -0.3 is 14.6 Å². The van der Waals surface area contributed by atoms with E-state index < -0.39 is 0 Å². The van der Waals surface area contributed by atoms with Gasteiger partial charge in [0.25, 0.3) is 5.56 Å². The zero-order valence-electron chi connectivity index (χ0n) is 11.2. The summed E-state index contributed by atoms with van der Waals surface area (Å²) in [5, 5.41) is 6.11. The van der Waals surface area contributed by atoms with Crippen LogP contribution in [0.4, 0.5) is 0 Å². The van der Waals surface area contributed by atoms with Crippen LogP contribution in [0.25, 0.3) is 10.1 Å². The molecule has 2 aromatic heterocycles. The van der Waals surface area contributed by atoms with Crippen LogP contribution in [0.5, 0.6) is 0 Å². The molecule has 0 saturated carbocycles. The second-order valence-electron chi connectivity index (χ2n) is 4.46. The Morgan fingerprint density at radius 2 is 2.21 bits per heavy atom. The van der Waals surface area contributed by atoms with E-state index in [2.05, 4.69) is 5.32 Å². The summed E-state index contributed by atoms with van der Waals surface area (Å²) < 4.78 is 7.84. The number of methoxy groups -OCH3 is 1. The smallest absolute Gasteiger partial charge is 0.259 e. The highest BCUT2D eigenvalue weighted by atomic mass is 32.1. The van der Waals surface area contributed by atoms with E-state index in [9.17, 15) is 4.79 Å². The van der Waals surface area contributed by atoms with Crippen molar-refractivity contribution in [2.24, 2.45) is 0 Å². The molecule has 0 radical (unpaired) electrons. The molecular weight excluding hydrogens is 260 g/mol. The van der Waals surface area contributed by atoms with E-state index in [1.165, 1.54) is 0 Å². The predicted octanol–water partition coefficient (Wildman–Crippen LogP) is 2.08. The highest BCUT2D eigenvalue weighted by molar-refractivity contribution is 7.17. The van der Waals surface area contributed by atoms with Gasteiger partial charge in [0.2, 0.25) is 0 Å². The molecule has 0 fully saturated rings. The minimum Gasteiger partial charge on any atom is -0.383 e. The average molecular weight is 280 g/mol. The van der Waals surface area contributed by atoms with Crippen molar-refractivity contribution in [2.45, 2.75) is 19.4 Å². The van der Waals surface area contributed by atoms with E-state index in [1.54, 1.807) is 18.4 Å². The van der Waals surface area contributed by atoms with Gasteiger partial charge in [-0.3, -0.25) is 4.79 Å². The molecule has 0 unspecified atom stereocenters. The van der Waals surface area contributed by atoms with Crippen molar-refractivity contribution in [1.29, 1.82) is 0 Å². The van der Waals surface area contributed by atoms with Crippen LogP contribution in [0.1, 0.15) is 12.8 Å². The molecule has 19 heavy (non-hydrogen) atoms. The molecule has 0 spiro atoms. The highest BCUT2D eigenvalue weighted by Crippen LogP contribution is 2.16. The third-order valence-electron chi connectivity index (χ3n) is 3.08. The maximum Gasteiger partial charge on any atom is 0.259 e. The molecule has 0 aliphatic carbocycles. The molecule has 0 bridgehead atoms. The van der Waals surface area contributed by atoms with E-state index in [4.69, 9.17) is 4.74 Å². The van der Waals surface area contributed by atoms with Crippen LogP contribution in [0.2, 0.25) is 0 Å². The first-order valence-corrected chi connectivity index (χ1v) is 7.47. The molecule has 0 aliphatic rings. The molecule has 104 valence electrons. The molecule has 2 heterocycles. The first kappa shape index (κ1) is 14.2. The van der Waals surface area contributed by atoms with Crippen molar-refractivity contribution >= 4 is 21.4 Å². The Morgan fingerprint density at radius 3 is 3.05 bits per heavy atom. The number of pyridine rings is 1. The van der Waals surface area contributed by atoms with E-state index in [1.807, 2.05) is 28.3 Å². The van der Waals surface area contributed by atoms with Crippen molar-refractivity contribution < 1.29 is 4.74 Å². The predicted molar refractivity (Wildman–Crippen MR) is 80.1 cm³/mol. The lowest BCUT2D eigenvalue weighted by Crippen LogP contribution is -2.22. The second kappa shape index (κ2) is 7.43. The Balaban J connectivity index is 1.78. The van der Waals surface area contributed by atoms with E-state index in [0.717, 1.165) is 49.2 Å². The average Bonchev–Trinajstić information content (AvgIpc) is 2.89. The Hall–Kier alpha value is -1.17. The summed E-state index contributed by atoms with van der Waals surface area (Å²) in [6.07, 6.45) is 3.98. The van der Waals surface area contributed by atoms with Gasteiger partial charge in [0.1, 0.15) is 0 Å². The van der Waals surface area contributed by atoms with Gasteiger partial charge in [0.15, 0.2) is 0 Å². The third-order valence-corrected chi connectivity index (χ3v) is 3.96. The standard InChI is InChI=1S/C14H20N2O2S/c1-18-10-7-15-6-2-3-8-16-9-4-13-12(14(16)17)5-11-19-13/h4-5,9,11,15H,2-3,6-8,10H2,1H3. The largest absolute Gasteiger partial charge is 0.383 e. The van der Waals surface area contributed by atoms with Gasteiger partial charge in [-0.2, -0.15) is 0 Å². The van der Waals surface area contributed by atoms with Gasteiger partial charge >= 0.3 is 0 Å². The number of nitrogens with one attached hydrogen (secondary N) is 1. The topological polar surface area (TPSA) is 43.3 Å². The second-order valence-corrected chi connectivity index (χ2v) is 5.41. The van der Waals surface area contributed by atoms with E-state index in [0.29, 0.717) is 0 Å². The summed E-state index contributed by atoms with van der Waals surface area (Å²) in [7, 11) is 1.70. The van der Waals surface area contributed by atoms with Crippen LogP contribution in [-0.2, 0) is 11.3 Å². The molecule has 0 amide bonds. The summed E-state index contributed by atoms with van der Waals surface area (Å²) in [6.45, 7) is 3.39. The molecule has 4 nitrogen and oxygen atoms in total. The fourth-order valence-corrected chi connectivity index (χ4v) is 2.79. The number of fused-ring (bicyclic) bond motifs is 1. The lowest BCUT2D eigenvalue weighted by Gasteiger charge is -2.06. The molecule has 2 rings (SSSR count). The third kappa shape index (κ3) is 3.89. The molecule has 0 saturated heterocycles. The fraction of sp³-hybridized carbons (Fsp3) is 0.500. The number of thiophene rings is 1. The first-order chi connectivity index (χ1) is 9.33. The lowest BCUT2D eigenvalue weighted by molar-refractivity contribution is 0.199. The molecule has 0 atom stereocenters. The summed E-state index contributed by atoms with van der Waals surface area (Å²) in [5.74, 6) is 0. The van der Waals surface area contributed by atoms with Crippen molar-refractivity contribution in [2.75, 3.05) is 26.8 Å². The minimum absolute atomic E-state index is 0.131. The van der Waals surface area contributed by atoms with Gasteiger partial charge in [0, 0.05) is 31.1 Å². The number of rotatable bonds is 8. The van der Waals surface area contributed by atoms with Gasteiger partial charge in [-0.05, 0) is 36.9 Å². The highest BCUT2D eigenvalue weighted by Gasteiger charge is 2.02. The number of ether oxygens (including phenoxy) is 1. The normalized spacial score (nSPS) is 11.2. The van der Waals surface area contributed by atoms with E-state index in [-0.39, 0.29) is 5.56 Å². The van der Waals surface area contributed by atoms with Gasteiger partial charge in [-0.15, -0.1) is 11.3 Å². The molecule has 0 aliphatic heterocycles. The number of nitrogens with zero attached hydrogens (tertiary/aromatic N) is 1. The van der Waals surface area contributed by atoms with Crippen molar-refractivity contribution in [3.63, 3.8) is 0 Å². The summed E-state index contributed by atoms with van der Waals surface area (Å²) in [4.78, 5) is 12.1. The molecular formula is C14H20N2O2S. The fourth-order valence-electron chi connectivity index (χ4n) is 2.01. The number of hydrogen-bond donors (Lipinski definition) is 1. The van der Waals surface area contributed by atoms with Crippen LogP contribution in [-0.4, -0.2) is 31.4 Å². The monoisotopic (exact) mass is 280 g/mol. The van der Waals surface area contributed by atoms with Crippen LogP contribution < -0.4 is 10.9 Å². The maximum absolute atomic E-state index is 12.1. The molecule has 2 aromatic rings. The van der Waals surface area contributed by atoms with Gasteiger partial charge in [-0.1, -0.05) is 0 Å². The molecule has 0 aromatic carbocycles. The number of aromatic nitrogens is 1. The summed E-state index contributed by atoms with van der Waals surface area (Å²) >= 11 is 1.61. The first-order valence-electron chi connectivity index (χ1n) is 6.59. The quantitative estimate of drug-likeness (QED) is 0.753. The van der Waals surface area contributed by atoms with E-state index >= 15 is 0 Å². The Morgan fingerprint density at radius 1 is 1.32 bits per heavy atom. The SMILES string of the molecule is COCCNCCCCn1ccc2sccc2c1=O. The summed E-state index contributed by atoms with van der Waals surface area (Å²) in [6, 6.07) is 3.93. The van der Waals surface area contributed by atoms with Crippen LogP contribution in [0, 0.1) is 0 Å². The lowest BCUT2D eigenvalue weighted by atomic mass is 10.3. The van der Waals surface area contributed by atoms with Crippen molar-refractivity contribution in [3.05, 3.63) is 34.1 Å².